The van der Waals surface area contributed by atoms with Crippen LogP contribution < -0.4 is 10.1 Å². The summed E-state index contributed by atoms with van der Waals surface area (Å²) in [6, 6.07) is 6.05. The maximum atomic E-state index is 5.76. The van der Waals surface area contributed by atoms with E-state index in [4.69, 9.17) is 4.74 Å². The van der Waals surface area contributed by atoms with Crippen molar-refractivity contribution in [2.75, 3.05) is 19.0 Å². The van der Waals surface area contributed by atoms with Crippen molar-refractivity contribution in [1.82, 2.24) is 9.97 Å². The molecule has 1 saturated carbocycles. The Morgan fingerprint density at radius 3 is 3.00 bits per heavy atom. The average molecular weight is 275 g/mol. The monoisotopic (exact) mass is 275 g/mol. The molecule has 1 fully saturated rings. The number of nitrogens with one attached hydrogen (secondary N) is 1. The Morgan fingerprint density at radius 2 is 2.32 bits per heavy atom. The van der Waals surface area contributed by atoms with E-state index in [9.17, 15) is 0 Å². The molecule has 0 saturated heterocycles. The second-order valence-corrected chi connectivity index (χ2v) is 5.68. The molecule has 100 valence electrons. The number of thiophene rings is 1. The first-order chi connectivity index (χ1) is 9.35. The van der Waals surface area contributed by atoms with Crippen LogP contribution in [0.1, 0.15) is 29.5 Å². The van der Waals surface area contributed by atoms with Crippen molar-refractivity contribution in [2.24, 2.45) is 0 Å². The molecular formula is C14H17N3OS. The predicted molar refractivity (Wildman–Crippen MR) is 77.1 cm³/mol. The number of anilines is 1. The zero-order valence-electron chi connectivity index (χ0n) is 10.9. The molecule has 2 heterocycles. The lowest BCUT2D eigenvalue weighted by Gasteiger charge is -2.08. The van der Waals surface area contributed by atoms with Crippen LogP contribution in [-0.2, 0) is 6.42 Å². The Kier molecular flexibility index (Phi) is 3.64. The van der Waals surface area contributed by atoms with Gasteiger partial charge >= 0.3 is 0 Å². The molecule has 0 spiro atoms. The summed E-state index contributed by atoms with van der Waals surface area (Å²) in [6.45, 7) is 0.658. The van der Waals surface area contributed by atoms with Gasteiger partial charge in [-0.15, -0.1) is 11.3 Å². The van der Waals surface area contributed by atoms with E-state index in [0.29, 0.717) is 18.4 Å². The van der Waals surface area contributed by atoms with E-state index >= 15 is 0 Å². The van der Waals surface area contributed by atoms with E-state index in [1.807, 2.05) is 13.1 Å². The molecule has 1 aliphatic carbocycles. The lowest BCUT2D eigenvalue weighted by atomic mass is 10.3. The maximum absolute atomic E-state index is 5.76. The highest BCUT2D eigenvalue weighted by Crippen LogP contribution is 2.39. The van der Waals surface area contributed by atoms with Crippen molar-refractivity contribution in [3.05, 3.63) is 34.3 Å². The van der Waals surface area contributed by atoms with Crippen LogP contribution in [0, 0.1) is 0 Å². The molecule has 0 atom stereocenters. The first-order valence-corrected chi connectivity index (χ1v) is 7.45. The van der Waals surface area contributed by atoms with Gasteiger partial charge in [-0.3, -0.25) is 0 Å². The van der Waals surface area contributed by atoms with Crippen LogP contribution >= 0.6 is 11.3 Å². The summed E-state index contributed by atoms with van der Waals surface area (Å²) >= 11 is 1.76. The lowest BCUT2D eigenvalue weighted by molar-refractivity contribution is 0.309. The van der Waals surface area contributed by atoms with Gasteiger partial charge in [0.25, 0.3) is 0 Å². The minimum absolute atomic E-state index is 0.535. The summed E-state index contributed by atoms with van der Waals surface area (Å²) in [5, 5.41) is 5.15. The molecule has 4 nitrogen and oxygen atoms in total. The van der Waals surface area contributed by atoms with Crippen molar-refractivity contribution in [2.45, 2.75) is 25.2 Å². The van der Waals surface area contributed by atoms with Crippen LogP contribution in [0.4, 0.5) is 5.82 Å². The van der Waals surface area contributed by atoms with E-state index in [0.717, 1.165) is 18.1 Å². The normalized spacial score (nSPS) is 14.4. The van der Waals surface area contributed by atoms with Gasteiger partial charge in [-0.1, -0.05) is 6.07 Å². The topological polar surface area (TPSA) is 47.0 Å². The predicted octanol–water partition coefficient (Wildman–Crippen LogP) is 3.08. The van der Waals surface area contributed by atoms with Crippen molar-refractivity contribution in [1.29, 1.82) is 0 Å². The highest BCUT2D eigenvalue weighted by atomic mass is 32.1. The summed E-state index contributed by atoms with van der Waals surface area (Å²) in [5.41, 5.74) is 0. The molecule has 1 N–H and O–H groups in total. The van der Waals surface area contributed by atoms with E-state index in [1.54, 1.807) is 11.3 Å². The van der Waals surface area contributed by atoms with E-state index < -0.39 is 0 Å². The molecule has 2 aromatic rings. The molecule has 0 aromatic carbocycles. The molecule has 19 heavy (non-hydrogen) atoms. The highest BCUT2D eigenvalue weighted by Gasteiger charge is 2.27. The Balaban J connectivity index is 1.64. The summed E-state index contributed by atoms with van der Waals surface area (Å²) in [5.74, 6) is 2.96. The van der Waals surface area contributed by atoms with Crippen LogP contribution in [0.2, 0.25) is 0 Å². The number of aromatic nitrogens is 2. The Hall–Kier alpha value is -1.62. The van der Waals surface area contributed by atoms with Crippen LogP contribution in [0.15, 0.2) is 23.6 Å². The summed E-state index contributed by atoms with van der Waals surface area (Å²) in [7, 11) is 1.87. The maximum Gasteiger partial charge on any atom is 0.218 e. The number of hydrogen-bond donors (Lipinski definition) is 1. The fraction of sp³-hybridized carbons (Fsp3) is 0.429. The minimum Gasteiger partial charge on any atom is -0.477 e. The fourth-order valence-electron chi connectivity index (χ4n) is 1.88. The van der Waals surface area contributed by atoms with Gasteiger partial charge in [0.05, 0.1) is 6.61 Å². The van der Waals surface area contributed by atoms with Gasteiger partial charge in [-0.05, 0) is 24.3 Å². The Labute approximate surface area is 116 Å². The van der Waals surface area contributed by atoms with Gasteiger partial charge < -0.3 is 10.1 Å². The third-order valence-corrected chi connectivity index (χ3v) is 4.03. The second kappa shape index (κ2) is 5.57. The Bertz CT molecular complexity index is 538. The van der Waals surface area contributed by atoms with E-state index in [2.05, 4.69) is 32.8 Å². The Morgan fingerprint density at radius 1 is 1.42 bits per heavy atom. The molecule has 1 aliphatic rings. The fourth-order valence-corrected chi connectivity index (χ4v) is 2.57. The van der Waals surface area contributed by atoms with Crippen molar-refractivity contribution in [3.8, 4) is 5.88 Å². The first kappa shape index (κ1) is 12.4. The zero-order valence-corrected chi connectivity index (χ0v) is 11.7. The molecule has 0 amide bonds. The lowest BCUT2D eigenvalue weighted by Crippen LogP contribution is -2.05. The number of hydrogen-bond acceptors (Lipinski definition) is 5. The van der Waals surface area contributed by atoms with Gasteiger partial charge in [0.2, 0.25) is 5.88 Å². The van der Waals surface area contributed by atoms with Gasteiger partial charge in [0.1, 0.15) is 11.6 Å². The zero-order chi connectivity index (χ0) is 13.1. The van der Waals surface area contributed by atoms with Crippen molar-refractivity contribution >= 4 is 17.2 Å². The molecule has 5 heteroatoms. The number of nitrogens with zero attached hydrogens (tertiary/aromatic N) is 2. The highest BCUT2D eigenvalue weighted by molar-refractivity contribution is 7.09. The molecule has 0 aliphatic heterocycles. The van der Waals surface area contributed by atoms with Crippen molar-refractivity contribution in [3.63, 3.8) is 0 Å². The molecular weight excluding hydrogens is 258 g/mol. The summed E-state index contributed by atoms with van der Waals surface area (Å²) in [4.78, 5) is 10.3. The minimum atomic E-state index is 0.535. The molecule has 3 rings (SSSR count). The van der Waals surface area contributed by atoms with Gasteiger partial charge in [0.15, 0.2) is 0 Å². The third-order valence-electron chi connectivity index (χ3n) is 3.10. The van der Waals surface area contributed by atoms with Gasteiger partial charge in [-0.2, -0.15) is 4.98 Å². The largest absolute Gasteiger partial charge is 0.477 e. The average Bonchev–Trinajstić information content (AvgIpc) is 3.17. The first-order valence-electron chi connectivity index (χ1n) is 6.57. The van der Waals surface area contributed by atoms with Crippen LogP contribution in [0.25, 0.3) is 0 Å². The molecule has 0 unspecified atom stereocenters. The quantitative estimate of drug-likeness (QED) is 0.880. The van der Waals surface area contributed by atoms with Crippen molar-refractivity contribution < 1.29 is 4.74 Å². The van der Waals surface area contributed by atoms with Crippen LogP contribution in [0.5, 0.6) is 5.88 Å². The number of rotatable bonds is 6. The summed E-state index contributed by atoms with van der Waals surface area (Å²) < 4.78 is 5.76. The molecule has 2 aromatic heterocycles. The van der Waals surface area contributed by atoms with Gasteiger partial charge in [-0.25, -0.2) is 4.98 Å². The van der Waals surface area contributed by atoms with E-state index in [-0.39, 0.29) is 0 Å². The van der Waals surface area contributed by atoms with Crippen LogP contribution in [0.3, 0.4) is 0 Å². The molecule has 0 bridgehead atoms. The van der Waals surface area contributed by atoms with Crippen LogP contribution in [-0.4, -0.2) is 23.6 Å². The standard InChI is InChI=1S/C14H17N3OS/c1-15-12-9-13(17-14(16-12)10-4-5-10)18-7-6-11-3-2-8-19-11/h2-3,8-10H,4-7H2,1H3,(H,15,16,17). The van der Waals surface area contributed by atoms with E-state index in [1.165, 1.54) is 17.7 Å². The smallest absolute Gasteiger partial charge is 0.218 e. The second-order valence-electron chi connectivity index (χ2n) is 4.65. The van der Waals surface area contributed by atoms with Gasteiger partial charge in [0, 0.05) is 30.3 Å². The SMILES string of the molecule is CNc1cc(OCCc2cccs2)nc(C2CC2)n1. The molecule has 0 radical (unpaired) electrons. The third kappa shape index (κ3) is 3.23. The summed E-state index contributed by atoms with van der Waals surface area (Å²) in [6.07, 6.45) is 3.32. The number of ether oxygens (including phenoxy) is 1.